The molecule has 0 bridgehead atoms. The van der Waals surface area contributed by atoms with Crippen LogP contribution in [0.15, 0.2) is 47.4 Å². The predicted molar refractivity (Wildman–Crippen MR) is 115 cm³/mol. The second kappa shape index (κ2) is 8.46. The summed E-state index contributed by atoms with van der Waals surface area (Å²) in [5.74, 6) is 1.30. The maximum atomic E-state index is 13.1. The molecule has 1 unspecified atom stereocenters. The summed E-state index contributed by atoms with van der Waals surface area (Å²) < 4.78 is 33.1. The van der Waals surface area contributed by atoms with Gasteiger partial charge in [0.2, 0.25) is 10.0 Å². The van der Waals surface area contributed by atoms with Crippen molar-refractivity contribution in [3.8, 4) is 5.75 Å². The van der Waals surface area contributed by atoms with E-state index >= 15 is 0 Å². The Balaban J connectivity index is 1.40. The van der Waals surface area contributed by atoms with Gasteiger partial charge in [-0.25, -0.2) is 8.42 Å². The molecule has 0 aromatic heterocycles. The van der Waals surface area contributed by atoms with Gasteiger partial charge in [0, 0.05) is 32.7 Å². The highest BCUT2D eigenvalue weighted by Crippen LogP contribution is 2.28. The van der Waals surface area contributed by atoms with Gasteiger partial charge in [-0.2, -0.15) is 4.31 Å². The number of sulfonamides is 1. The van der Waals surface area contributed by atoms with E-state index in [1.165, 1.54) is 11.1 Å². The van der Waals surface area contributed by atoms with Crippen LogP contribution in [-0.2, 0) is 23.0 Å². The Bertz CT molecular complexity index is 957. The summed E-state index contributed by atoms with van der Waals surface area (Å²) in [6.45, 7) is 6.10. The molecule has 4 rings (SSSR count). The Labute approximate surface area is 174 Å². The van der Waals surface area contributed by atoms with Crippen LogP contribution >= 0.6 is 0 Å². The minimum Gasteiger partial charge on any atom is -0.497 e. The zero-order valence-electron chi connectivity index (χ0n) is 17.3. The Morgan fingerprint density at radius 2 is 1.86 bits per heavy atom. The Morgan fingerprint density at radius 1 is 1.07 bits per heavy atom. The fourth-order valence-corrected chi connectivity index (χ4v) is 6.04. The maximum Gasteiger partial charge on any atom is 0.243 e. The van der Waals surface area contributed by atoms with Gasteiger partial charge < -0.3 is 4.74 Å². The highest BCUT2D eigenvalue weighted by Gasteiger charge is 2.31. The van der Waals surface area contributed by atoms with Crippen molar-refractivity contribution in [2.24, 2.45) is 5.92 Å². The number of methoxy groups -OCH3 is 1. The van der Waals surface area contributed by atoms with Gasteiger partial charge in [0.25, 0.3) is 0 Å². The summed E-state index contributed by atoms with van der Waals surface area (Å²) in [5, 5.41) is 0. The Kier molecular flexibility index (Phi) is 5.95. The zero-order chi connectivity index (χ0) is 20.4. The van der Waals surface area contributed by atoms with Crippen LogP contribution in [0.25, 0.3) is 0 Å². The number of benzene rings is 2. The number of rotatable bonds is 5. The first-order valence-corrected chi connectivity index (χ1v) is 11.8. The molecular weight excluding hydrogens is 384 g/mol. The van der Waals surface area contributed by atoms with Crippen LogP contribution in [0.3, 0.4) is 0 Å². The summed E-state index contributed by atoms with van der Waals surface area (Å²) in [6.07, 6.45) is 3.04. The molecule has 2 aromatic rings. The first kappa shape index (κ1) is 20.4. The SMILES string of the molecule is COc1ccc2c(c1)CCN(CC1CCCN(S(=O)(=O)c3ccc(C)cc3)C1)C2. The van der Waals surface area contributed by atoms with Crippen molar-refractivity contribution in [1.29, 1.82) is 0 Å². The molecule has 2 aliphatic rings. The number of piperidine rings is 1. The minimum absolute atomic E-state index is 0.378. The molecule has 156 valence electrons. The van der Waals surface area contributed by atoms with Gasteiger partial charge in [-0.05, 0) is 67.5 Å². The van der Waals surface area contributed by atoms with Crippen molar-refractivity contribution in [3.05, 3.63) is 59.2 Å². The third-order valence-corrected chi connectivity index (χ3v) is 8.04. The summed E-state index contributed by atoms with van der Waals surface area (Å²) in [6, 6.07) is 13.5. The molecule has 0 N–H and O–H groups in total. The summed E-state index contributed by atoms with van der Waals surface area (Å²) in [7, 11) is -1.70. The third-order valence-electron chi connectivity index (χ3n) is 6.16. The summed E-state index contributed by atoms with van der Waals surface area (Å²) in [5.41, 5.74) is 3.80. The first-order valence-electron chi connectivity index (χ1n) is 10.4. The molecule has 0 spiro atoms. The monoisotopic (exact) mass is 414 g/mol. The zero-order valence-corrected chi connectivity index (χ0v) is 18.1. The lowest BCUT2D eigenvalue weighted by atomic mass is 9.95. The summed E-state index contributed by atoms with van der Waals surface area (Å²) in [4.78, 5) is 2.88. The molecule has 2 aliphatic heterocycles. The fraction of sp³-hybridized carbons (Fsp3) is 0.478. The number of fused-ring (bicyclic) bond motifs is 1. The normalized spacial score (nSPS) is 21.0. The fourth-order valence-electron chi connectivity index (χ4n) is 4.49. The van der Waals surface area contributed by atoms with Gasteiger partial charge in [-0.3, -0.25) is 4.90 Å². The van der Waals surface area contributed by atoms with Gasteiger partial charge in [0.15, 0.2) is 0 Å². The van der Waals surface area contributed by atoms with Crippen LogP contribution in [0.2, 0.25) is 0 Å². The van der Waals surface area contributed by atoms with Gasteiger partial charge in [-0.15, -0.1) is 0 Å². The molecular formula is C23H30N2O3S. The third kappa shape index (κ3) is 4.49. The molecule has 0 radical (unpaired) electrons. The topological polar surface area (TPSA) is 49.9 Å². The highest BCUT2D eigenvalue weighted by molar-refractivity contribution is 7.89. The van der Waals surface area contributed by atoms with Crippen molar-refractivity contribution in [1.82, 2.24) is 9.21 Å². The largest absolute Gasteiger partial charge is 0.497 e. The van der Waals surface area contributed by atoms with Gasteiger partial charge in [0.05, 0.1) is 12.0 Å². The molecule has 0 saturated carbocycles. The Morgan fingerprint density at radius 3 is 2.62 bits per heavy atom. The second-order valence-corrected chi connectivity index (χ2v) is 10.2. The van der Waals surface area contributed by atoms with Crippen LogP contribution in [0, 0.1) is 12.8 Å². The average Bonchev–Trinajstić information content (AvgIpc) is 2.74. The Hall–Kier alpha value is -1.89. The average molecular weight is 415 g/mol. The lowest BCUT2D eigenvalue weighted by Gasteiger charge is -2.36. The molecule has 1 saturated heterocycles. The van der Waals surface area contributed by atoms with Crippen molar-refractivity contribution >= 4 is 10.0 Å². The van der Waals surface area contributed by atoms with E-state index in [-0.39, 0.29) is 0 Å². The lowest BCUT2D eigenvalue weighted by molar-refractivity contribution is 0.167. The minimum atomic E-state index is -3.41. The van der Waals surface area contributed by atoms with Crippen LogP contribution in [-0.4, -0.2) is 50.9 Å². The van der Waals surface area contributed by atoms with E-state index in [0.29, 0.717) is 23.9 Å². The second-order valence-electron chi connectivity index (χ2n) is 8.30. The van der Waals surface area contributed by atoms with E-state index in [1.807, 2.05) is 25.1 Å². The van der Waals surface area contributed by atoms with Crippen molar-refractivity contribution < 1.29 is 13.2 Å². The molecule has 5 nitrogen and oxygen atoms in total. The maximum absolute atomic E-state index is 13.1. The van der Waals surface area contributed by atoms with E-state index in [4.69, 9.17) is 4.74 Å². The first-order chi connectivity index (χ1) is 14.0. The van der Waals surface area contributed by atoms with E-state index in [0.717, 1.165) is 50.2 Å². The van der Waals surface area contributed by atoms with Crippen molar-refractivity contribution in [3.63, 3.8) is 0 Å². The lowest BCUT2D eigenvalue weighted by Crippen LogP contribution is -2.44. The van der Waals surface area contributed by atoms with E-state index in [2.05, 4.69) is 17.0 Å². The molecule has 6 heteroatoms. The number of hydrogen-bond donors (Lipinski definition) is 0. The quantitative estimate of drug-likeness (QED) is 0.752. The van der Waals surface area contributed by atoms with Crippen molar-refractivity contribution in [2.75, 3.05) is 33.3 Å². The number of hydrogen-bond acceptors (Lipinski definition) is 4. The van der Waals surface area contributed by atoms with Crippen molar-refractivity contribution in [2.45, 2.75) is 37.6 Å². The van der Waals surface area contributed by atoms with Crippen LogP contribution in [0.5, 0.6) is 5.75 Å². The van der Waals surface area contributed by atoms with E-state index in [1.54, 1.807) is 23.5 Å². The van der Waals surface area contributed by atoms with Crippen LogP contribution in [0.1, 0.15) is 29.5 Å². The van der Waals surface area contributed by atoms with Gasteiger partial charge in [0.1, 0.15) is 5.75 Å². The van der Waals surface area contributed by atoms with Crippen LogP contribution in [0.4, 0.5) is 0 Å². The molecule has 0 amide bonds. The highest BCUT2D eigenvalue weighted by atomic mass is 32.2. The number of aryl methyl sites for hydroxylation is 1. The molecule has 0 aliphatic carbocycles. The number of ether oxygens (including phenoxy) is 1. The molecule has 29 heavy (non-hydrogen) atoms. The molecule has 1 atom stereocenters. The molecule has 2 heterocycles. The van der Waals surface area contributed by atoms with Gasteiger partial charge in [-0.1, -0.05) is 23.8 Å². The summed E-state index contributed by atoms with van der Waals surface area (Å²) >= 11 is 0. The standard InChI is InChI=1S/C23H30N2O3S/c1-18-5-9-23(10-6-18)29(26,27)25-12-3-4-19(16-25)15-24-13-11-20-14-22(28-2)8-7-21(20)17-24/h5-10,14,19H,3-4,11-13,15-17H2,1-2H3. The number of nitrogens with zero attached hydrogens (tertiary/aromatic N) is 2. The predicted octanol–water partition coefficient (Wildman–Crippen LogP) is 3.46. The van der Waals surface area contributed by atoms with Crippen LogP contribution < -0.4 is 4.74 Å². The van der Waals surface area contributed by atoms with Gasteiger partial charge >= 0.3 is 0 Å². The smallest absolute Gasteiger partial charge is 0.243 e. The van der Waals surface area contributed by atoms with E-state index in [9.17, 15) is 8.42 Å². The molecule has 2 aromatic carbocycles. The molecule has 1 fully saturated rings. The van der Waals surface area contributed by atoms with E-state index < -0.39 is 10.0 Å².